The molecule has 2 atom stereocenters. The molecular weight excluding hydrogens is 261 g/mol. The molecule has 2 nitrogen and oxygen atoms in total. The Morgan fingerprint density at radius 3 is 2.47 bits per heavy atom. The maximum Gasteiger partial charge on any atom is 0.130 e. The fraction of sp³-hybridized carbons (Fsp3) is 0.455. The van der Waals surface area contributed by atoms with E-state index in [0.717, 1.165) is 0 Å². The minimum atomic E-state index is -0.960. The third-order valence-electron chi connectivity index (χ3n) is 2.42. The van der Waals surface area contributed by atoms with Crippen LogP contribution < -0.4 is 5.73 Å². The van der Waals surface area contributed by atoms with Crippen molar-refractivity contribution in [2.24, 2.45) is 11.7 Å². The van der Waals surface area contributed by atoms with Crippen molar-refractivity contribution in [3.8, 4) is 0 Å². The zero-order chi connectivity index (χ0) is 11.6. The lowest BCUT2D eigenvalue weighted by Gasteiger charge is -2.22. The first-order valence-electron chi connectivity index (χ1n) is 4.82. The van der Waals surface area contributed by atoms with E-state index < -0.39 is 18.0 Å². The summed E-state index contributed by atoms with van der Waals surface area (Å²) < 4.78 is 14.1. The van der Waals surface area contributed by atoms with Crippen molar-refractivity contribution in [3.63, 3.8) is 0 Å². The van der Waals surface area contributed by atoms with Crippen molar-refractivity contribution in [1.29, 1.82) is 0 Å². The van der Waals surface area contributed by atoms with Crippen molar-refractivity contribution < 1.29 is 9.50 Å². The maximum atomic E-state index is 13.5. The Labute approximate surface area is 97.4 Å². The third-order valence-corrected chi connectivity index (χ3v) is 2.91. The van der Waals surface area contributed by atoms with E-state index in [9.17, 15) is 9.50 Å². The second-order valence-electron chi connectivity index (χ2n) is 3.93. The van der Waals surface area contributed by atoms with E-state index in [1.165, 1.54) is 6.07 Å². The molecular formula is C11H15BrFNO. The highest BCUT2D eigenvalue weighted by atomic mass is 79.9. The van der Waals surface area contributed by atoms with Gasteiger partial charge in [0.25, 0.3) is 0 Å². The monoisotopic (exact) mass is 275 g/mol. The first-order valence-corrected chi connectivity index (χ1v) is 5.61. The topological polar surface area (TPSA) is 46.2 Å². The molecule has 0 bridgehead atoms. The molecule has 0 heterocycles. The van der Waals surface area contributed by atoms with Crippen molar-refractivity contribution in [3.05, 3.63) is 34.1 Å². The van der Waals surface area contributed by atoms with Gasteiger partial charge in [-0.2, -0.15) is 0 Å². The van der Waals surface area contributed by atoms with Crippen LogP contribution in [0.1, 0.15) is 25.5 Å². The largest absolute Gasteiger partial charge is 0.387 e. The van der Waals surface area contributed by atoms with Gasteiger partial charge in [0.2, 0.25) is 0 Å². The van der Waals surface area contributed by atoms with E-state index in [1.54, 1.807) is 12.1 Å². The van der Waals surface area contributed by atoms with Gasteiger partial charge in [0.1, 0.15) is 5.82 Å². The van der Waals surface area contributed by atoms with Crippen LogP contribution in [0.25, 0.3) is 0 Å². The average Bonchev–Trinajstić information content (AvgIpc) is 2.15. The van der Waals surface area contributed by atoms with Gasteiger partial charge < -0.3 is 10.8 Å². The molecule has 2 unspecified atom stereocenters. The van der Waals surface area contributed by atoms with E-state index in [2.05, 4.69) is 15.9 Å². The normalized spacial score (nSPS) is 15.4. The molecule has 0 aromatic heterocycles. The Balaban J connectivity index is 2.96. The van der Waals surface area contributed by atoms with Gasteiger partial charge in [0.15, 0.2) is 0 Å². The van der Waals surface area contributed by atoms with E-state index in [0.29, 0.717) is 4.47 Å². The van der Waals surface area contributed by atoms with Gasteiger partial charge in [-0.25, -0.2) is 4.39 Å². The van der Waals surface area contributed by atoms with Crippen molar-refractivity contribution in [2.45, 2.75) is 26.0 Å². The van der Waals surface area contributed by atoms with Gasteiger partial charge in [0, 0.05) is 16.1 Å². The third kappa shape index (κ3) is 3.00. The Morgan fingerprint density at radius 2 is 2.00 bits per heavy atom. The van der Waals surface area contributed by atoms with Gasteiger partial charge in [-0.1, -0.05) is 35.8 Å². The van der Waals surface area contributed by atoms with Crippen LogP contribution in [0.5, 0.6) is 0 Å². The summed E-state index contributed by atoms with van der Waals surface area (Å²) in [6.45, 7) is 3.79. The fourth-order valence-corrected chi connectivity index (χ4v) is 1.65. The van der Waals surface area contributed by atoms with Crippen LogP contribution in [0.4, 0.5) is 4.39 Å². The van der Waals surface area contributed by atoms with Crippen LogP contribution >= 0.6 is 15.9 Å². The van der Waals surface area contributed by atoms with E-state index in [1.807, 2.05) is 13.8 Å². The summed E-state index contributed by atoms with van der Waals surface area (Å²) in [5.74, 6) is -0.337. The highest BCUT2D eigenvalue weighted by Gasteiger charge is 2.22. The van der Waals surface area contributed by atoms with E-state index >= 15 is 0 Å². The van der Waals surface area contributed by atoms with Crippen LogP contribution in [-0.4, -0.2) is 11.1 Å². The van der Waals surface area contributed by atoms with Gasteiger partial charge in [-0.3, -0.25) is 0 Å². The van der Waals surface area contributed by atoms with Crippen molar-refractivity contribution >= 4 is 15.9 Å². The lowest BCUT2D eigenvalue weighted by atomic mass is 9.94. The summed E-state index contributed by atoms with van der Waals surface area (Å²) >= 11 is 3.16. The Kier molecular flexibility index (Phi) is 4.25. The molecule has 0 spiro atoms. The molecule has 1 aromatic carbocycles. The zero-order valence-corrected chi connectivity index (χ0v) is 10.3. The number of aliphatic hydroxyl groups excluding tert-OH is 1. The van der Waals surface area contributed by atoms with Crippen LogP contribution in [0.2, 0.25) is 0 Å². The molecule has 15 heavy (non-hydrogen) atoms. The predicted molar refractivity (Wildman–Crippen MR) is 61.9 cm³/mol. The number of hydrogen-bond donors (Lipinski definition) is 2. The van der Waals surface area contributed by atoms with Crippen LogP contribution in [-0.2, 0) is 0 Å². The number of benzene rings is 1. The van der Waals surface area contributed by atoms with Crippen molar-refractivity contribution in [2.75, 3.05) is 0 Å². The average molecular weight is 276 g/mol. The molecule has 0 aliphatic heterocycles. The fourth-order valence-electron chi connectivity index (χ4n) is 1.31. The summed E-state index contributed by atoms with van der Waals surface area (Å²) in [6, 6.07) is 4.10. The molecule has 0 aliphatic carbocycles. The lowest BCUT2D eigenvalue weighted by Crippen LogP contribution is -2.33. The van der Waals surface area contributed by atoms with Crippen molar-refractivity contribution in [1.82, 2.24) is 0 Å². The highest BCUT2D eigenvalue weighted by molar-refractivity contribution is 9.10. The maximum absolute atomic E-state index is 13.5. The molecule has 3 N–H and O–H groups in total. The molecule has 84 valence electrons. The number of nitrogens with two attached hydrogens (primary N) is 1. The first kappa shape index (κ1) is 12.6. The molecule has 1 aromatic rings. The Hall–Kier alpha value is -0.450. The number of rotatable bonds is 3. The summed E-state index contributed by atoms with van der Waals surface area (Å²) in [4.78, 5) is 0. The van der Waals surface area contributed by atoms with E-state index in [-0.39, 0.29) is 11.5 Å². The number of halogens is 2. The second kappa shape index (κ2) is 5.05. The SMILES string of the molecule is CC(C)C(N)C(O)c1ccc(Br)cc1F. The summed E-state index contributed by atoms with van der Waals surface area (Å²) in [5.41, 5.74) is 6.02. The minimum absolute atomic E-state index is 0.100. The molecule has 0 amide bonds. The molecule has 4 heteroatoms. The number of hydrogen-bond acceptors (Lipinski definition) is 2. The standard InChI is InChI=1S/C11H15BrFNO/c1-6(2)10(14)11(15)8-4-3-7(12)5-9(8)13/h3-6,10-11,15H,14H2,1-2H3. The van der Waals surface area contributed by atoms with Gasteiger partial charge >= 0.3 is 0 Å². The van der Waals surface area contributed by atoms with Crippen LogP contribution in [0, 0.1) is 11.7 Å². The molecule has 0 saturated heterocycles. The Bertz CT molecular complexity index is 343. The quantitative estimate of drug-likeness (QED) is 0.891. The summed E-state index contributed by atoms with van der Waals surface area (Å²) in [6.07, 6.45) is -0.960. The van der Waals surface area contributed by atoms with Gasteiger partial charge in [-0.05, 0) is 18.1 Å². The smallest absolute Gasteiger partial charge is 0.130 e. The molecule has 0 saturated carbocycles. The number of aliphatic hydroxyl groups is 1. The lowest BCUT2D eigenvalue weighted by molar-refractivity contribution is 0.122. The predicted octanol–water partition coefficient (Wildman–Crippen LogP) is 2.60. The van der Waals surface area contributed by atoms with Crippen LogP contribution in [0.3, 0.4) is 0 Å². The minimum Gasteiger partial charge on any atom is -0.387 e. The Morgan fingerprint density at radius 1 is 1.40 bits per heavy atom. The first-order chi connectivity index (χ1) is 6.93. The zero-order valence-electron chi connectivity index (χ0n) is 8.74. The molecule has 0 aliphatic rings. The molecule has 1 rings (SSSR count). The highest BCUT2D eigenvalue weighted by Crippen LogP contribution is 2.25. The van der Waals surface area contributed by atoms with Crippen LogP contribution in [0.15, 0.2) is 22.7 Å². The molecule has 0 radical (unpaired) electrons. The van der Waals surface area contributed by atoms with Gasteiger partial charge in [0.05, 0.1) is 6.10 Å². The molecule has 0 fully saturated rings. The summed E-state index contributed by atoms with van der Waals surface area (Å²) in [5, 5.41) is 9.85. The summed E-state index contributed by atoms with van der Waals surface area (Å²) in [7, 11) is 0. The second-order valence-corrected chi connectivity index (χ2v) is 4.85. The van der Waals surface area contributed by atoms with Gasteiger partial charge in [-0.15, -0.1) is 0 Å². The van der Waals surface area contributed by atoms with E-state index in [4.69, 9.17) is 5.73 Å².